The summed E-state index contributed by atoms with van der Waals surface area (Å²) in [4.78, 5) is 8.54. The van der Waals surface area contributed by atoms with Crippen LogP contribution in [0.1, 0.15) is 0 Å². The minimum absolute atomic E-state index is 0. The van der Waals surface area contributed by atoms with E-state index in [1.807, 2.05) is 60.7 Å². The number of nitrogens with zero attached hydrogens (tertiary/aromatic N) is 2. The molecule has 5 heteroatoms. The first-order chi connectivity index (χ1) is 14.7. The van der Waals surface area contributed by atoms with Gasteiger partial charge in [-0.25, -0.2) is 0 Å². The number of pyridine rings is 2. The van der Waals surface area contributed by atoms with E-state index in [0.717, 1.165) is 43.4 Å². The van der Waals surface area contributed by atoms with Crippen LogP contribution in [-0.4, -0.2) is 27.3 Å². The molecule has 0 aliphatic rings. The third kappa shape index (κ3) is 3.77. The SMILES string of the molecule is [Al+2].[O-]c1cccc2ccc3cccnc3c12.[O-]c1cccc2ccc3cccnc3c12. The van der Waals surface area contributed by atoms with Gasteiger partial charge >= 0.3 is 17.4 Å². The molecule has 0 saturated carbocycles. The Morgan fingerprint density at radius 3 is 1.29 bits per heavy atom. The zero-order chi connectivity index (χ0) is 20.5. The Morgan fingerprint density at radius 2 is 0.839 bits per heavy atom. The summed E-state index contributed by atoms with van der Waals surface area (Å²) in [5, 5.41) is 28.9. The van der Waals surface area contributed by atoms with Crippen molar-refractivity contribution in [2.45, 2.75) is 0 Å². The fraction of sp³-hybridized carbons (Fsp3) is 0. The van der Waals surface area contributed by atoms with Crippen molar-refractivity contribution in [1.29, 1.82) is 0 Å². The van der Waals surface area contributed by atoms with Gasteiger partial charge in [-0.2, -0.15) is 0 Å². The molecule has 2 heterocycles. The second-order valence-corrected chi connectivity index (χ2v) is 6.99. The second-order valence-electron chi connectivity index (χ2n) is 6.99. The zero-order valence-corrected chi connectivity index (χ0v) is 17.7. The van der Waals surface area contributed by atoms with E-state index in [1.54, 1.807) is 36.7 Å². The van der Waals surface area contributed by atoms with Gasteiger partial charge in [0, 0.05) is 33.9 Å². The number of fused-ring (bicyclic) bond motifs is 6. The van der Waals surface area contributed by atoms with Crippen LogP contribution in [0.4, 0.5) is 0 Å². The molecule has 0 atom stereocenters. The van der Waals surface area contributed by atoms with Gasteiger partial charge < -0.3 is 10.2 Å². The van der Waals surface area contributed by atoms with Crippen molar-refractivity contribution in [3.8, 4) is 11.5 Å². The van der Waals surface area contributed by atoms with E-state index in [1.165, 1.54) is 0 Å². The predicted octanol–water partition coefficient (Wildman–Crippen LogP) is 4.54. The van der Waals surface area contributed by atoms with Crippen LogP contribution in [0.3, 0.4) is 0 Å². The van der Waals surface area contributed by atoms with E-state index < -0.39 is 0 Å². The Bertz CT molecular complexity index is 1420. The van der Waals surface area contributed by atoms with E-state index in [-0.39, 0.29) is 28.9 Å². The molecule has 0 N–H and O–H groups in total. The van der Waals surface area contributed by atoms with Gasteiger partial charge in [0.1, 0.15) is 0 Å². The Kier molecular flexibility index (Phi) is 5.73. The monoisotopic (exact) mass is 415 g/mol. The van der Waals surface area contributed by atoms with E-state index in [0.29, 0.717) is 0 Å². The first kappa shape index (κ1) is 20.6. The fourth-order valence-corrected chi connectivity index (χ4v) is 3.76. The van der Waals surface area contributed by atoms with Crippen LogP contribution in [0.5, 0.6) is 11.5 Å². The maximum Gasteiger partial charge on any atom is 2.00 e. The average molecular weight is 415 g/mol. The van der Waals surface area contributed by atoms with Gasteiger partial charge in [-0.15, -0.1) is 0 Å². The van der Waals surface area contributed by atoms with Gasteiger partial charge in [0.25, 0.3) is 0 Å². The van der Waals surface area contributed by atoms with Gasteiger partial charge in [-0.1, -0.05) is 84.3 Å². The topological polar surface area (TPSA) is 71.9 Å². The molecular weight excluding hydrogens is 399 g/mol. The van der Waals surface area contributed by atoms with Crippen LogP contribution >= 0.6 is 0 Å². The van der Waals surface area contributed by atoms with Gasteiger partial charge in [0.15, 0.2) is 0 Å². The number of hydrogen-bond donors (Lipinski definition) is 0. The maximum absolute atomic E-state index is 11.8. The molecule has 31 heavy (non-hydrogen) atoms. The zero-order valence-electron chi connectivity index (χ0n) is 16.5. The summed E-state index contributed by atoms with van der Waals surface area (Å²) < 4.78 is 0. The molecule has 6 aromatic rings. The van der Waals surface area contributed by atoms with E-state index >= 15 is 0 Å². The van der Waals surface area contributed by atoms with Crippen LogP contribution in [0.25, 0.3) is 43.4 Å². The molecule has 0 spiro atoms. The third-order valence-corrected chi connectivity index (χ3v) is 5.15. The van der Waals surface area contributed by atoms with Crippen LogP contribution < -0.4 is 10.2 Å². The summed E-state index contributed by atoms with van der Waals surface area (Å²) >= 11 is 0. The molecule has 0 bridgehead atoms. The first-order valence-corrected chi connectivity index (χ1v) is 9.59. The molecule has 145 valence electrons. The van der Waals surface area contributed by atoms with Gasteiger partial charge in [-0.3, -0.25) is 9.97 Å². The number of aromatic nitrogens is 2. The maximum atomic E-state index is 11.8. The molecule has 0 fully saturated rings. The molecular formula is C26H16AlN2O2. The van der Waals surface area contributed by atoms with Gasteiger partial charge in [0.2, 0.25) is 0 Å². The van der Waals surface area contributed by atoms with Crippen molar-refractivity contribution < 1.29 is 10.2 Å². The molecule has 0 aliphatic carbocycles. The summed E-state index contributed by atoms with van der Waals surface area (Å²) in [5.74, 6) is 0.0774. The minimum atomic E-state index is 0. The van der Waals surface area contributed by atoms with Gasteiger partial charge in [-0.05, 0) is 22.9 Å². The molecule has 0 saturated heterocycles. The van der Waals surface area contributed by atoms with E-state index in [9.17, 15) is 10.2 Å². The van der Waals surface area contributed by atoms with Crippen molar-refractivity contribution in [3.05, 3.63) is 97.3 Å². The van der Waals surface area contributed by atoms with Crippen LogP contribution in [0.2, 0.25) is 0 Å². The Morgan fingerprint density at radius 1 is 0.452 bits per heavy atom. The van der Waals surface area contributed by atoms with E-state index in [4.69, 9.17) is 0 Å². The van der Waals surface area contributed by atoms with Gasteiger partial charge in [0.05, 0.1) is 11.0 Å². The summed E-state index contributed by atoms with van der Waals surface area (Å²) in [6, 6.07) is 26.2. The van der Waals surface area contributed by atoms with E-state index in [2.05, 4.69) is 9.97 Å². The van der Waals surface area contributed by atoms with Crippen molar-refractivity contribution in [1.82, 2.24) is 9.97 Å². The average Bonchev–Trinajstić information content (AvgIpc) is 2.79. The van der Waals surface area contributed by atoms with Crippen molar-refractivity contribution in [2.24, 2.45) is 0 Å². The third-order valence-electron chi connectivity index (χ3n) is 5.15. The summed E-state index contributed by atoms with van der Waals surface area (Å²) in [5.41, 5.74) is 1.58. The molecule has 2 aromatic heterocycles. The van der Waals surface area contributed by atoms with Crippen LogP contribution in [0, 0.1) is 0 Å². The standard InChI is InChI=1S/2C13H9NO.Al/c2*15-11-5-1-3-9-6-7-10-4-2-8-14-13(10)12(9)11;/h2*1-8,15H;/q;;+2/p-2. The van der Waals surface area contributed by atoms with Crippen LogP contribution in [-0.2, 0) is 0 Å². The molecule has 0 amide bonds. The minimum Gasteiger partial charge on any atom is -0.872 e. The second kappa shape index (κ2) is 8.61. The largest absolute Gasteiger partial charge is 2.00 e. The summed E-state index contributed by atoms with van der Waals surface area (Å²) in [7, 11) is 0. The number of hydrogen-bond acceptors (Lipinski definition) is 4. The molecule has 1 radical (unpaired) electrons. The fourth-order valence-electron chi connectivity index (χ4n) is 3.76. The molecule has 4 nitrogen and oxygen atoms in total. The molecule has 0 aliphatic heterocycles. The van der Waals surface area contributed by atoms with Crippen molar-refractivity contribution in [2.75, 3.05) is 0 Å². The predicted molar refractivity (Wildman–Crippen MR) is 123 cm³/mol. The molecule has 4 aromatic carbocycles. The van der Waals surface area contributed by atoms with Crippen molar-refractivity contribution in [3.63, 3.8) is 0 Å². The van der Waals surface area contributed by atoms with Crippen LogP contribution in [0.15, 0.2) is 97.3 Å². The first-order valence-electron chi connectivity index (χ1n) is 9.59. The van der Waals surface area contributed by atoms with Crippen molar-refractivity contribution >= 4 is 60.7 Å². The number of benzene rings is 4. The molecule has 6 rings (SSSR count). The normalized spacial score (nSPS) is 10.6. The summed E-state index contributed by atoms with van der Waals surface area (Å²) in [6.45, 7) is 0. The number of rotatable bonds is 0. The summed E-state index contributed by atoms with van der Waals surface area (Å²) in [6.07, 6.45) is 3.43. The quantitative estimate of drug-likeness (QED) is 0.270. The Balaban J connectivity index is 0.000000144. The smallest absolute Gasteiger partial charge is 0.872 e. The Hall–Kier alpha value is -3.65. The molecule has 0 unspecified atom stereocenters. The Labute approximate surface area is 189 Å².